The number of carbonyl (C=O) groups excluding carboxylic acids is 2. The van der Waals surface area contributed by atoms with Crippen LogP contribution in [0.3, 0.4) is 0 Å². The van der Waals surface area contributed by atoms with Crippen molar-refractivity contribution in [1.29, 1.82) is 0 Å². The summed E-state index contributed by atoms with van der Waals surface area (Å²) < 4.78 is 0. The van der Waals surface area contributed by atoms with Gasteiger partial charge in [0.2, 0.25) is 5.84 Å². The Hall–Kier alpha value is -2.41. The molecule has 0 saturated carbocycles. The van der Waals surface area contributed by atoms with Crippen LogP contribution in [0.1, 0.15) is 19.4 Å². The molecule has 26 heavy (non-hydrogen) atoms. The van der Waals surface area contributed by atoms with Crippen molar-refractivity contribution in [2.75, 3.05) is 44.3 Å². The number of piperazine rings is 1. The number of carbonyl (C=O) groups is 2. The van der Waals surface area contributed by atoms with E-state index in [1.807, 2.05) is 36.1 Å². The molecule has 2 aliphatic heterocycles. The lowest BCUT2D eigenvalue weighted by molar-refractivity contribution is -0.126. The average Bonchev–Trinajstić information content (AvgIpc) is 2.62. The summed E-state index contributed by atoms with van der Waals surface area (Å²) >= 11 is 0. The molecule has 140 valence electrons. The first-order valence-electron chi connectivity index (χ1n) is 9.16. The predicted molar refractivity (Wildman–Crippen MR) is 102 cm³/mol. The van der Waals surface area contributed by atoms with Crippen molar-refractivity contribution in [1.82, 2.24) is 15.2 Å². The van der Waals surface area contributed by atoms with Gasteiger partial charge in [0.15, 0.2) is 0 Å². The van der Waals surface area contributed by atoms with Crippen molar-refractivity contribution < 1.29 is 9.59 Å². The van der Waals surface area contributed by atoms with Crippen LogP contribution in [0.5, 0.6) is 0 Å². The number of amidine groups is 1. The van der Waals surface area contributed by atoms with Gasteiger partial charge in [0, 0.05) is 32.7 Å². The van der Waals surface area contributed by atoms with Gasteiger partial charge in [0.05, 0.1) is 5.69 Å². The second kappa shape index (κ2) is 7.86. The van der Waals surface area contributed by atoms with Crippen molar-refractivity contribution in [2.45, 2.75) is 20.8 Å². The number of hydrogen-bond donors (Lipinski definition) is 1. The maximum absolute atomic E-state index is 12.8. The van der Waals surface area contributed by atoms with Crippen LogP contribution in [0.25, 0.3) is 0 Å². The fourth-order valence-corrected chi connectivity index (χ4v) is 3.24. The Morgan fingerprint density at radius 2 is 1.81 bits per heavy atom. The first-order valence-corrected chi connectivity index (χ1v) is 9.16. The summed E-state index contributed by atoms with van der Waals surface area (Å²) in [5, 5.41) is 1.41. The van der Waals surface area contributed by atoms with Gasteiger partial charge in [-0.05, 0) is 25.0 Å². The van der Waals surface area contributed by atoms with Crippen molar-refractivity contribution in [3.63, 3.8) is 0 Å². The van der Waals surface area contributed by atoms with E-state index in [0.717, 1.165) is 25.2 Å². The van der Waals surface area contributed by atoms with Crippen LogP contribution in [-0.2, 0) is 9.59 Å². The molecule has 0 bridgehead atoms. The molecule has 0 spiro atoms. The first-order chi connectivity index (χ1) is 12.4. The highest BCUT2D eigenvalue weighted by Gasteiger charge is 2.30. The van der Waals surface area contributed by atoms with E-state index in [1.165, 1.54) is 5.01 Å². The summed E-state index contributed by atoms with van der Waals surface area (Å²) in [6.45, 7) is 10.5. The Balaban J connectivity index is 1.63. The summed E-state index contributed by atoms with van der Waals surface area (Å²) in [5.41, 5.74) is 4.73. The van der Waals surface area contributed by atoms with Crippen molar-refractivity contribution in [2.24, 2.45) is 10.9 Å². The van der Waals surface area contributed by atoms with Gasteiger partial charge in [0.1, 0.15) is 6.54 Å². The third kappa shape index (κ3) is 4.22. The lowest BCUT2D eigenvalue weighted by Crippen LogP contribution is -2.59. The number of aryl methyl sites for hydroxylation is 1. The topological polar surface area (TPSA) is 68.2 Å². The molecular formula is C19H27N5O2. The van der Waals surface area contributed by atoms with E-state index in [-0.39, 0.29) is 24.2 Å². The minimum Gasteiger partial charge on any atom is -0.333 e. The summed E-state index contributed by atoms with van der Waals surface area (Å²) in [6, 6.07) is 7.59. The van der Waals surface area contributed by atoms with E-state index in [2.05, 4.69) is 29.2 Å². The van der Waals surface area contributed by atoms with Gasteiger partial charge < -0.3 is 4.90 Å². The Kier molecular flexibility index (Phi) is 5.56. The highest BCUT2D eigenvalue weighted by Crippen LogP contribution is 2.16. The zero-order chi connectivity index (χ0) is 18.7. The zero-order valence-corrected chi connectivity index (χ0v) is 15.7. The molecule has 2 heterocycles. The van der Waals surface area contributed by atoms with Gasteiger partial charge in [-0.15, -0.1) is 0 Å². The van der Waals surface area contributed by atoms with Gasteiger partial charge >= 0.3 is 0 Å². The first kappa shape index (κ1) is 18.4. The Bertz CT molecular complexity index is 690. The van der Waals surface area contributed by atoms with Gasteiger partial charge in [-0.25, -0.2) is 5.01 Å². The molecule has 0 atom stereocenters. The van der Waals surface area contributed by atoms with Crippen molar-refractivity contribution in [3.8, 4) is 0 Å². The van der Waals surface area contributed by atoms with Crippen LogP contribution in [0.2, 0.25) is 0 Å². The second-order valence-corrected chi connectivity index (χ2v) is 7.33. The number of benzene rings is 1. The Morgan fingerprint density at radius 1 is 1.15 bits per heavy atom. The minimum atomic E-state index is -0.174. The quantitative estimate of drug-likeness (QED) is 0.874. The third-order valence-electron chi connectivity index (χ3n) is 4.62. The minimum absolute atomic E-state index is 0.0186. The summed E-state index contributed by atoms with van der Waals surface area (Å²) in [7, 11) is 0. The third-order valence-corrected chi connectivity index (χ3v) is 4.62. The predicted octanol–water partition coefficient (Wildman–Crippen LogP) is 1.04. The van der Waals surface area contributed by atoms with E-state index in [4.69, 9.17) is 0 Å². The standard InChI is InChI=1S/C19H27N5O2/c1-14(2)13-22-8-10-23(11-9-22)19(26)18-20-12-17(25)24(21-18)16-6-4-15(3)5-7-16/h4-7,14H,8-13H2,1-3H3,(H,20,21). The molecule has 2 amide bonds. The lowest BCUT2D eigenvalue weighted by Gasteiger charge is -2.36. The fourth-order valence-electron chi connectivity index (χ4n) is 3.24. The summed E-state index contributed by atoms with van der Waals surface area (Å²) in [4.78, 5) is 33.3. The Morgan fingerprint density at radius 3 is 2.42 bits per heavy atom. The fraction of sp³-hybridized carbons (Fsp3) is 0.526. The van der Waals surface area contributed by atoms with E-state index >= 15 is 0 Å². The molecule has 1 fully saturated rings. The maximum Gasteiger partial charge on any atom is 0.290 e. The molecule has 7 heteroatoms. The van der Waals surface area contributed by atoms with Crippen LogP contribution in [-0.4, -0.2) is 66.7 Å². The van der Waals surface area contributed by atoms with Gasteiger partial charge in [-0.3, -0.25) is 24.9 Å². The van der Waals surface area contributed by atoms with Crippen LogP contribution < -0.4 is 10.4 Å². The molecule has 0 unspecified atom stereocenters. The lowest BCUT2D eigenvalue weighted by atomic mass is 10.2. The number of anilines is 1. The molecule has 1 aromatic rings. The van der Waals surface area contributed by atoms with Crippen LogP contribution in [0.4, 0.5) is 5.69 Å². The van der Waals surface area contributed by atoms with E-state index in [1.54, 1.807) is 0 Å². The SMILES string of the molecule is Cc1ccc(N2NC(C(=O)N3CCN(CC(C)C)CC3)=NCC2=O)cc1. The van der Waals surface area contributed by atoms with E-state index < -0.39 is 0 Å². The number of nitrogens with one attached hydrogen (secondary N) is 1. The van der Waals surface area contributed by atoms with E-state index in [9.17, 15) is 9.59 Å². The molecule has 1 saturated heterocycles. The maximum atomic E-state index is 12.8. The number of nitrogens with zero attached hydrogens (tertiary/aromatic N) is 4. The smallest absolute Gasteiger partial charge is 0.290 e. The van der Waals surface area contributed by atoms with Crippen molar-refractivity contribution in [3.05, 3.63) is 29.8 Å². The average molecular weight is 357 g/mol. The monoisotopic (exact) mass is 357 g/mol. The van der Waals surface area contributed by atoms with Gasteiger partial charge in [0.25, 0.3) is 11.8 Å². The highest BCUT2D eigenvalue weighted by molar-refractivity contribution is 6.39. The molecular weight excluding hydrogens is 330 g/mol. The number of rotatable bonds is 4. The molecule has 0 aliphatic carbocycles. The molecule has 2 aliphatic rings. The van der Waals surface area contributed by atoms with Crippen LogP contribution >= 0.6 is 0 Å². The highest BCUT2D eigenvalue weighted by atomic mass is 16.2. The van der Waals surface area contributed by atoms with Crippen molar-refractivity contribution >= 4 is 23.3 Å². The molecule has 7 nitrogen and oxygen atoms in total. The molecule has 3 rings (SSSR count). The summed E-state index contributed by atoms with van der Waals surface area (Å²) in [5.74, 6) is 0.546. The zero-order valence-electron chi connectivity index (χ0n) is 15.7. The number of hydrogen-bond acceptors (Lipinski definition) is 5. The second-order valence-electron chi connectivity index (χ2n) is 7.33. The number of amides is 2. The largest absolute Gasteiger partial charge is 0.333 e. The van der Waals surface area contributed by atoms with E-state index in [0.29, 0.717) is 24.7 Å². The molecule has 1 aromatic carbocycles. The van der Waals surface area contributed by atoms with Crippen LogP contribution in [0.15, 0.2) is 29.3 Å². The molecule has 1 N–H and O–H groups in total. The van der Waals surface area contributed by atoms with Gasteiger partial charge in [-0.1, -0.05) is 31.5 Å². The summed E-state index contributed by atoms with van der Waals surface area (Å²) in [6.07, 6.45) is 0. The molecule has 0 radical (unpaired) electrons. The van der Waals surface area contributed by atoms with Crippen LogP contribution in [0, 0.1) is 12.8 Å². The Labute approximate surface area is 154 Å². The molecule has 0 aromatic heterocycles. The normalized spacial score (nSPS) is 18.8. The van der Waals surface area contributed by atoms with Gasteiger partial charge in [-0.2, -0.15) is 0 Å². The number of aliphatic imine (C=N–C) groups is 1. The number of hydrazine groups is 1.